The summed E-state index contributed by atoms with van der Waals surface area (Å²) in [5.41, 5.74) is 9.07. The molecule has 0 spiro atoms. The molecule has 3 aromatic heterocycles. The third kappa shape index (κ3) is 5.58. The Kier molecular flexibility index (Phi) is 8.82. The first-order valence-electron chi connectivity index (χ1n) is 16.6. The molecule has 0 aliphatic carbocycles. The number of halogens is 2. The average Bonchev–Trinajstić information content (AvgIpc) is 3.46. The first-order chi connectivity index (χ1) is 24.0. The van der Waals surface area contributed by atoms with Crippen LogP contribution in [0.2, 0.25) is 10.0 Å². The minimum atomic E-state index is -1.07. The number of carbonyl (C=O) groups is 2. The fourth-order valence-electron chi connectivity index (χ4n) is 7.43. The Morgan fingerprint density at radius 1 is 0.980 bits per heavy atom. The van der Waals surface area contributed by atoms with Crippen molar-refractivity contribution in [2.45, 2.75) is 53.5 Å². The summed E-state index contributed by atoms with van der Waals surface area (Å²) < 4.78 is 10.2. The number of para-hydroxylation sites is 1. The SMILES string of the molecule is Cc1cc(OCCCc2c3n(c4c(-c5c(C)nn(C)c5C)c(Cl)ccc24)CCCN(c2ccnc4c(C(=O)O)cccc24)C3=O)cc(C)c1Cl. The number of benzene rings is 3. The van der Waals surface area contributed by atoms with E-state index in [0.29, 0.717) is 66.3 Å². The molecule has 7 rings (SSSR count). The van der Waals surface area contributed by atoms with Gasteiger partial charge in [0.05, 0.1) is 39.6 Å². The Balaban J connectivity index is 1.37. The number of nitrogens with zero attached hydrogens (tertiary/aromatic N) is 5. The van der Waals surface area contributed by atoms with Gasteiger partial charge in [-0.15, -0.1) is 0 Å². The van der Waals surface area contributed by atoms with Gasteiger partial charge in [0.2, 0.25) is 0 Å². The van der Waals surface area contributed by atoms with E-state index in [0.717, 1.165) is 60.9 Å². The van der Waals surface area contributed by atoms with Gasteiger partial charge in [0.1, 0.15) is 11.4 Å². The van der Waals surface area contributed by atoms with Crippen molar-refractivity contribution in [3.05, 3.63) is 104 Å². The summed E-state index contributed by atoms with van der Waals surface area (Å²) in [6.45, 7) is 9.41. The summed E-state index contributed by atoms with van der Waals surface area (Å²) in [6.07, 6.45) is 3.47. The predicted octanol–water partition coefficient (Wildman–Crippen LogP) is 8.89. The zero-order valence-corrected chi connectivity index (χ0v) is 30.1. The number of fused-ring (bicyclic) bond motifs is 4. The minimum Gasteiger partial charge on any atom is -0.494 e. The van der Waals surface area contributed by atoms with E-state index in [1.54, 1.807) is 23.2 Å². The fraction of sp³-hybridized carbons (Fsp3) is 0.282. The van der Waals surface area contributed by atoms with Crippen LogP contribution in [0.1, 0.15) is 61.8 Å². The fourth-order valence-corrected chi connectivity index (χ4v) is 7.79. The predicted molar refractivity (Wildman–Crippen MR) is 198 cm³/mol. The Morgan fingerprint density at radius 3 is 2.44 bits per heavy atom. The monoisotopic (exact) mass is 709 g/mol. The zero-order chi connectivity index (χ0) is 35.4. The summed E-state index contributed by atoms with van der Waals surface area (Å²) in [7, 11) is 1.92. The Hall–Kier alpha value is -4.86. The molecule has 0 radical (unpaired) electrons. The number of aryl methyl sites for hydroxylation is 6. The summed E-state index contributed by atoms with van der Waals surface area (Å²) in [6, 6.07) is 14.7. The number of aromatic nitrogens is 4. The van der Waals surface area contributed by atoms with Gasteiger partial charge in [-0.25, -0.2) is 4.79 Å². The molecule has 1 N–H and O–H groups in total. The molecule has 11 heteroatoms. The third-order valence-electron chi connectivity index (χ3n) is 9.77. The molecule has 0 unspecified atom stereocenters. The summed E-state index contributed by atoms with van der Waals surface area (Å²) in [4.78, 5) is 33.2. The topological polar surface area (TPSA) is 102 Å². The molecule has 0 saturated carbocycles. The number of ether oxygens (including phenoxy) is 1. The molecule has 256 valence electrons. The molecule has 0 bridgehead atoms. The van der Waals surface area contributed by atoms with E-state index >= 15 is 0 Å². The molecular formula is C39H37Cl2N5O4. The van der Waals surface area contributed by atoms with Crippen molar-refractivity contribution < 1.29 is 19.4 Å². The van der Waals surface area contributed by atoms with Gasteiger partial charge in [-0.05, 0) is 94.0 Å². The number of anilines is 1. The van der Waals surface area contributed by atoms with Gasteiger partial charge in [0, 0.05) is 58.9 Å². The van der Waals surface area contributed by atoms with Gasteiger partial charge >= 0.3 is 5.97 Å². The van der Waals surface area contributed by atoms with Crippen LogP contribution in [0, 0.1) is 27.7 Å². The number of hydrogen-bond acceptors (Lipinski definition) is 5. The second-order valence-corrected chi connectivity index (χ2v) is 13.7. The number of pyridine rings is 1. The van der Waals surface area contributed by atoms with E-state index in [9.17, 15) is 14.7 Å². The van der Waals surface area contributed by atoms with Crippen molar-refractivity contribution in [1.29, 1.82) is 0 Å². The van der Waals surface area contributed by atoms with E-state index < -0.39 is 5.97 Å². The minimum absolute atomic E-state index is 0.0917. The van der Waals surface area contributed by atoms with Crippen molar-refractivity contribution >= 4 is 62.6 Å². The highest BCUT2D eigenvalue weighted by Gasteiger charge is 2.33. The maximum Gasteiger partial charge on any atom is 0.337 e. The van der Waals surface area contributed by atoms with Crippen molar-refractivity contribution in [2.24, 2.45) is 7.05 Å². The average molecular weight is 711 g/mol. The highest BCUT2D eigenvalue weighted by Crippen LogP contribution is 2.43. The smallest absolute Gasteiger partial charge is 0.337 e. The maximum absolute atomic E-state index is 15.0. The van der Waals surface area contributed by atoms with Gasteiger partial charge in [-0.2, -0.15) is 5.10 Å². The van der Waals surface area contributed by atoms with Gasteiger partial charge < -0.3 is 19.3 Å². The van der Waals surface area contributed by atoms with E-state index in [1.807, 2.05) is 69.8 Å². The van der Waals surface area contributed by atoms with Crippen LogP contribution >= 0.6 is 23.2 Å². The quantitative estimate of drug-likeness (QED) is 0.158. The maximum atomic E-state index is 15.0. The second-order valence-electron chi connectivity index (χ2n) is 12.9. The van der Waals surface area contributed by atoms with Gasteiger partial charge in [0.25, 0.3) is 5.91 Å². The highest BCUT2D eigenvalue weighted by molar-refractivity contribution is 6.35. The first kappa shape index (κ1) is 33.6. The van der Waals surface area contributed by atoms with Crippen molar-refractivity contribution in [3.8, 4) is 16.9 Å². The van der Waals surface area contributed by atoms with Crippen LogP contribution in [0.25, 0.3) is 32.9 Å². The summed E-state index contributed by atoms with van der Waals surface area (Å²) in [5.74, 6) is -0.469. The molecule has 6 aromatic rings. The van der Waals surface area contributed by atoms with Gasteiger partial charge in [0.15, 0.2) is 0 Å². The molecule has 50 heavy (non-hydrogen) atoms. The molecule has 1 aliphatic heterocycles. The van der Waals surface area contributed by atoms with Crippen LogP contribution in [-0.4, -0.2) is 49.5 Å². The molecule has 4 heterocycles. The standard InChI is InChI=1S/C39H37Cl2N5O4/c1-21-19-25(20-22(2)34(21)41)50-18-7-11-26-27-12-13-30(40)33(32-23(3)43-44(5)24(32)4)36(27)46-17-8-16-45(38(47)37(26)46)31-14-15-42-35-28(31)9-6-10-29(35)39(48)49/h6,9-10,12-15,19-20H,7-8,11,16-18H2,1-5H3,(H,48,49). The molecular weight excluding hydrogens is 673 g/mol. The lowest BCUT2D eigenvalue weighted by Gasteiger charge is -2.23. The van der Waals surface area contributed by atoms with Crippen LogP contribution in [0.3, 0.4) is 0 Å². The Bertz CT molecular complexity index is 2340. The third-order valence-corrected chi connectivity index (χ3v) is 10.7. The van der Waals surface area contributed by atoms with Crippen LogP contribution in [-0.2, 0) is 20.0 Å². The molecule has 0 fully saturated rings. The first-order valence-corrected chi connectivity index (χ1v) is 17.4. The molecule has 1 aliphatic rings. The number of carbonyl (C=O) groups excluding carboxylic acids is 1. The van der Waals surface area contributed by atoms with Crippen molar-refractivity contribution in [2.75, 3.05) is 18.1 Å². The molecule has 9 nitrogen and oxygen atoms in total. The largest absolute Gasteiger partial charge is 0.494 e. The Labute approximate surface area is 300 Å². The summed E-state index contributed by atoms with van der Waals surface area (Å²) >= 11 is 13.4. The van der Waals surface area contributed by atoms with E-state index in [1.165, 1.54) is 6.07 Å². The Morgan fingerprint density at radius 2 is 1.74 bits per heavy atom. The van der Waals surface area contributed by atoms with Crippen molar-refractivity contribution in [3.63, 3.8) is 0 Å². The highest BCUT2D eigenvalue weighted by atomic mass is 35.5. The van der Waals surface area contributed by atoms with E-state index in [4.69, 9.17) is 33.0 Å². The number of amides is 1. The van der Waals surface area contributed by atoms with Crippen molar-refractivity contribution in [1.82, 2.24) is 19.3 Å². The lowest BCUT2D eigenvalue weighted by Crippen LogP contribution is -2.32. The molecule has 3 aromatic carbocycles. The van der Waals surface area contributed by atoms with E-state index in [2.05, 4.69) is 9.55 Å². The van der Waals surface area contributed by atoms with Gasteiger partial charge in [-0.3, -0.25) is 14.5 Å². The van der Waals surface area contributed by atoms with E-state index in [-0.39, 0.29) is 11.5 Å². The molecule has 0 atom stereocenters. The second kappa shape index (κ2) is 13.1. The van der Waals surface area contributed by atoms with Crippen LogP contribution in [0.15, 0.2) is 54.7 Å². The molecule has 0 saturated heterocycles. The lowest BCUT2D eigenvalue weighted by molar-refractivity contribution is 0.0698. The number of carboxylic acids is 1. The summed E-state index contributed by atoms with van der Waals surface area (Å²) in [5, 5.41) is 17.5. The lowest BCUT2D eigenvalue weighted by atomic mass is 9.98. The number of aromatic carboxylic acids is 1. The van der Waals surface area contributed by atoms with Crippen LogP contribution in [0.4, 0.5) is 5.69 Å². The number of hydrogen-bond donors (Lipinski definition) is 1. The van der Waals surface area contributed by atoms with Crippen LogP contribution in [0.5, 0.6) is 5.75 Å². The number of carboxylic acid groups (broad SMARTS) is 1. The number of rotatable bonds is 8. The zero-order valence-electron chi connectivity index (χ0n) is 28.6. The molecule has 1 amide bonds. The van der Waals surface area contributed by atoms with Gasteiger partial charge in [-0.1, -0.05) is 41.4 Å². The van der Waals surface area contributed by atoms with Crippen LogP contribution < -0.4 is 9.64 Å². The normalized spacial score (nSPS) is 13.3.